The van der Waals surface area contributed by atoms with E-state index in [2.05, 4.69) is 12.2 Å². The van der Waals surface area contributed by atoms with Crippen molar-refractivity contribution in [1.29, 1.82) is 0 Å². The smallest absolute Gasteiger partial charge is 0.124 e. The van der Waals surface area contributed by atoms with Crippen LogP contribution in [0.1, 0.15) is 6.42 Å². The maximum Gasteiger partial charge on any atom is 0.124 e. The minimum Gasteiger partial charge on any atom is -0.396 e. The molecule has 0 spiro atoms. The SMILES string of the molecule is O=CC1C2C=CC(C2)C1CO. The van der Waals surface area contributed by atoms with Crippen molar-refractivity contribution in [2.75, 3.05) is 6.61 Å². The normalized spacial score (nSPS) is 46.6. The second-order valence-electron chi connectivity index (χ2n) is 3.51. The zero-order chi connectivity index (χ0) is 7.84. The Kier molecular flexibility index (Phi) is 1.57. The Morgan fingerprint density at radius 3 is 2.73 bits per heavy atom. The molecule has 1 fully saturated rings. The van der Waals surface area contributed by atoms with Crippen LogP contribution in [-0.4, -0.2) is 18.0 Å². The van der Waals surface area contributed by atoms with Gasteiger partial charge in [0, 0.05) is 12.5 Å². The van der Waals surface area contributed by atoms with Gasteiger partial charge in [0.2, 0.25) is 0 Å². The molecule has 0 aliphatic heterocycles. The predicted octanol–water partition coefficient (Wildman–Crippen LogP) is 0.616. The van der Waals surface area contributed by atoms with Gasteiger partial charge < -0.3 is 9.90 Å². The molecule has 11 heavy (non-hydrogen) atoms. The van der Waals surface area contributed by atoms with Crippen LogP contribution in [0, 0.1) is 23.7 Å². The predicted molar refractivity (Wildman–Crippen MR) is 40.9 cm³/mol. The molecule has 0 aromatic heterocycles. The first-order chi connectivity index (χ1) is 5.36. The van der Waals surface area contributed by atoms with Crippen LogP contribution in [0.5, 0.6) is 0 Å². The maximum atomic E-state index is 10.6. The maximum absolute atomic E-state index is 10.6. The quantitative estimate of drug-likeness (QED) is 0.465. The average Bonchev–Trinajstić information content (AvgIpc) is 2.60. The summed E-state index contributed by atoms with van der Waals surface area (Å²) in [6.07, 6.45) is 6.35. The first-order valence-corrected chi connectivity index (χ1v) is 4.11. The van der Waals surface area contributed by atoms with E-state index in [1.54, 1.807) is 0 Å². The van der Waals surface area contributed by atoms with Crippen molar-refractivity contribution in [1.82, 2.24) is 0 Å². The number of hydrogen-bond donors (Lipinski definition) is 1. The molecule has 1 N–H and O–H groups in total. The first-order valence-electron chi connectivity index (χ1n) is 4.11. The highest BCUT2D eigenvalue weighted by atomic mass is 16.3. The molecule has 2 aliphatic carbocycles. The summed E-state index contributed by atoms with van der Waals surface area (Å²) in [5.74, 6) is 1.20. The highest BCUT2D eigenvalue weighted by Crippen LogP contribution is 2.46. The molecule has 0 aromatic rings. The van der Waals surface area contributed by atoms with Crippen molar-refractivity contribution in [2.45, 2.75) is 6.42 Å². The third kappa shape index (κ3) is 0.857. The van der Waals surface area contributed by atoms with Gasteiger partial charge in [-0.3, -0.25) is 0 Å². The van der Waals surface area contributed by atoms with Gasteiger partial charge in [-0.05, 0) is 24.2 Å². The van der Waals surface area contributed by atoms with Crippen LogP contribution in [0.25, 0.3) is 0 Å². The monoisotopic (exact) mass is 152 g/mol. The van der Waals surface area contributed by atoms with Gasteiger partial charge in [0.15, 0.2) is 0 Å². The highest BCUT2D eigenvalue weighted by molar-refractivity contribution is 5.57. The molecule has 2 bridgehead atoms. The lowest BCUT2D eigenvalue weighted by Gasteiger charge is -2.20. The number of carbonyl (C=O) groups excluding carboxylic acids is 1. The summed E-state index contributed by atoms with van der Waals surface area (Å²) in [6, 6.07) is 0. The van der Waals surface area contributed by atoms with Gasteiger partial charge in [-0.1, -0.05) is 12.2 Å². The van der Waals surface area contributed by atoms with Gasteiger partial charge in [-0.15, -0.1) is 0 Å². The molecule has 4 atom stereocenters. The first kappa shape index (κ1) is 7.04. The average molecular weight is 152 g/mol. The Morgan fingerprint density at radius 1 is 1.45 bits per heavy atom. The minimum atomic E-state index is 0.0926. The van der Waals surface area contributed by atoms with Crippen molar-refractivity contribution < 1.29 is 9.90 Å². The van der Waals surface area contributed by atoms with E-state index >= 15 is 0 Å². The fraction of sp³-hybridized carbons (Fsp3) is 0.667. The number of rotatable bonds is 2. The standard InChI is InChI=1S/C9H12O2/c10-4-8-6-1-2-7(3-6)9(8)5-11/h1-2,4,6-9,11H,3,5H2. The van der Waals surface area contributed by atoms with Gasteiger partial charge >= 0.3 is 0 Å². The minimum absolute atomic E-state index is 0.0926. The molecule has 0 aromatic carbocycles. The van der Waals surface area contributed by atoms with Crippen LogP contribution in [0.3, 0.4) is 0 Å². The second kappa shape index (κ2) is 2.45. The lowest BCUT2D eigenvalue weighted by molar-refractivity contribution is -0.113. The van der Waals surface area contributed by atoms with Crippen LogP contribution in [0.15, 0.2) is 12.2 Å². The van der Waals surface area contributed by atoms with Crippen molar-refractivity contribution in [2.24, 2.45) is 23.7 Å². The summed E-state index contributed by atoms with van der Waals surface area (Å²) in [5.41, 5.74) is 0. The molecule has 2 heteroatoms. The van der Waals surface area contributed by atoms with E-state index < -0.39 is 0 Å². The molecule has 0 saturated heterocycles. The Morgan fingerprint density at radius 2 is 2.18 bits per heavy atom. The van der Waals surface area contributed by atoms with E-state index in [0.717, 1.165) is 12.7 Å². The largest absolute Gasteiger partial charge is 0.396 e. The number of allylic oxidation sites excluding steroid dienone is 2. The lowest BCUT2D eigenvalue weighted by Crippen LogP contribution is -2.23. The van der Waals surface area contributed by atoms with Gasteiger partial charge in [0.25, 0.3) is 0 Å². The fourth-order valence-corrected chi connectivity index (χ4v) is 2.42. The van der Waals surface area contributed by atoms with Gasteiger partial charge in [-0.25, -0.2) is 0 Å². The molecule has 2 rings (SSSR count). The third-order valence-corrected chi connectivity index (χ3v) is 3.06. The summed E-state index contributed by atoms with van der Waals surface area (Å²) >= 11 is 0. The molecule has 4 unspecified atom stereocenters. The molecule has 0 radical (unpaired) electrons. The number of aliphatic hydroxyl groups excluding tert-OH is 1. The molecular formula is C9H12O2. The molecule has 0 heterocycles. The van der Waals surface area contributed by atoms with E-state index in [1.807, 2.05) is 0 Å². The van der Waals surface area contributed by atoms with E-state index in [0.29, 0.717) is 11.8 Å². The van der Waals surface area contributed by atoms with Crippen molar-refractivity contribution in [3.8, 4) is 0 Å². The number of hydrogen-bond acceptors (Lipinski definition) is 2. The van der Waals surface area contributed by atoms with Gasteiger partial charge in [0.05, 0.1) is 0 Å². The van der Waals surface area contributed by atoms with E-state index in [4.69, 9.17) is 5.11 Å². The van der Waals surface area contributed by atoms with Gasteiger partial charge in [0.1, 0.15) is 6.29 Å². The summed E-state index contributed by atoms with van der Waals surface area (Å²) < 4.78 is 0. The van der Waals surface area contributed by atoms with Gasteiger partial charge in [-0.2, -0.15) is 0 Å². The Hall–Kier alpha value is -0.630. The zero-order valence-corrected chi connectivity index (χ0v) is 6.31. The highest BCUT2D eigenvalue weighted by Gasteiger charge is 2.43. The van der Waals surface area contributed by atoms with Crippen molar-refractivity contribution in [3.05, 3.63) is 12.2 Å². The molecular weight excluding hydrogens is 140 g/mol. The third-order valence-electron chi connectivity index (χ3n) is 3.06. The summed E-state index contributed by atoms with van der Waals surface area (Å²) in [6.45, 7) is 0.162. The lowest BCUT2D eigenvalue weighted by atomic mass is 9.85. The van der Waals surface area contributed by atoms with Crippen LogP contribution in [0.2, 0.25) is 0 Å². The Labute approximate surface area is 65.9 Å². The molecule has 1 saturated carbocycles. The summed E-state index contributed by atoms with van der Waals surface area (Å²) in [5, 5.41) is 9.00. The van der Waals surface area contributed by atoms with Crippen molar-refractivity contribution in [3.63, 3.8) is 0 Å². The number of aldehydes is 1. The van der Waals surface area contributed by atoms with Crippen LogP contribution in [0.4, 0.5) is 0 Å². The summed E-state index contributed by atoms with van der Waals surface area (Å²) in [7, 11) is 0. The molecule has 2 nitrogen and oxygen atoms in total. The Bertz CT molecular complexity index is 198. The van der Waals surface area contributed by atoms with E-state index in [9.17, 15) is 4.79 Å². The number of aliphatic hydroxyl groups is 1. The molecule has 60 valence electrons. The van der Waals surface area contributed by atoms with Crippen LogP contribution < -0.4 is 0 Å². The van der Waals surface area contributed by atoms with Crippen molar-refractivity contribution >= 4 is 6.29 Å². The number of fused-ring (bicyclic) bond motifs is 2. The van der Waals surface area contributed by atoms with E-state index in [-0.39, 0.29) is 18.4 Å². The topological polar surface area (TPSA) is 37.3 Å². The van der Waals surface area contributed by atoms with E-state index in [1.165, 1.54) is 0 Å². The zero-order valence-electron chi connectivity index (χ0n) is 6.31. The Balaban J connectivity index is 2.21. The number of carbonyl (C=O) groups is 1. The molecule has 2 aliphatic rings. The fourth-order valence-electron chi connectivity index (χ4n) is 2.42. The molecule has 0 amide bonds. The summed E-state index contributed by atoms with van der Waals surface area (Å²) in [4.78, 5) is 10.6. The van der Waals surface area contributed by atoms with Crippen LogP contribution in [-0.2, 0) is 4.79 Å². The van der Waals surface area contributed by atoms with Crippen LogP contribution >= 0.6 is 0 Å². The second-order valence-corrected chi connectivity index (χ2v) is 3.51.